The van der Waals surface area contributed by atoms with Crippen molar-refractivity contribution in [1.82, 2.24) is 0 Å². The second kappa shape index (κ2) is 40.5. The minimum absolute atomic E-state index is 0. The van der Waals surface area contributed by atoms with Gasteiger partial charge in [-0.2, -0.15) is 0 Å². The van der Waals surface area contributed by atoms with Gasteiger partial charge in [0, 0.05) is 0 Å². The summed E-state index contributed by atoms with van der Waals surface area (Å²) < 4.78 is 0. The van der Waals surface area contributed by atoms with E-state index in [1.54, 1.807) is 0 Å². The molecule has 0 aliphatic heterocycles. The smallest absolute Gasteiger partial charge is 1.00 e. The Hall–Kier alpha value is 3.31. The van der Waals surface area contributed by atoms with Gasteiger partial charge >= 0.3 is 42.5 Å². The number of hydrogen-bond donors (Lipinski definition) is 0. The summed E-state index contributed by atoms with van der Waals surface area (Å²) >= 11 is 0. The summed E-state index contributed by atoms with van der Waals surface area (Å²) in [5, 5.41) is 0. The average Bonchev–Trinajstić information content (AvgIpc) is 0. The fourth-order valence-corrected chi connectivity index (χ4v) is 0. The van der Waals surface area contributed by atoms with Crippen LogP contribution >= 0.6 is 0 Å². The van der Waals surface area contributed by atoms with E-state index in [1.165, 1.54) is 0 Å². The van der Waals surface area contributed by atoms with Gasteiger partial charge in [-0.1, -0.05) is 0 Å². The molecule has 0 saturated heterocycles. The van der Waals surface area contributed by atoms with E-state index in [1.807, 2.05) is 0 Å². The first kappa shape index (κ1) is 58.7. The van der Waals surface area contributed by atoms with Crippen molar-refractivity contribution in [3.05, 3.63) is 0 Å². The Kier molecular flexibility index (Phi) is 396. The molecule has 0 bridgehead atoms. The zero-order valence-corrected chi connectivity index (χ0v) is 13.7. The van der Waals surface area contributed by atoms with E-state index in [0.29, 0.717) is 0 Å². The molecule has 0 heterocycles. The summed E-state index contributed by atoms with van der Waals surface area (Å²) in [7, 11) is 0. The van der Waals surface area contributed by atoms with Gasteiger partial charge in [0.2, 0.25) is 0 Å². The van der Waals surface area contributed by atoms with Crippen LogP contribution in [0.5, 0.6) is 0 Å². The Balaban J connectivity index is 0. The third-order valence-electron chi connectivity index (χ3n) is 0. The quantitative estimate of drug-likeness (QED) is 0.349. The number of hydrogen-bond acceptors (Lipinski definition) is 0. The van der Waals surface area contributed by atoms with Gasteiger partial charge < -0.3 is 67.9 Å². The van der Waals surface area contributed by atoms with Crippen LogP contribution in [0.4, 0.5) is 0 Å². The van der Waals surface area contributed by atoms with Crippen molar-refractivity contribution in [2.45, 2.75) is 0 Å². The van der Waals surface area contributed by atoms with Crippen LogP contribution < -0.4 is 67.9 Å². The topological polar surface area (TPSA) is 0 Å². The molecule has 0 spiro atoms. The molecule has 0 amide bonds. The zero-order valence-electron chi connectivity index (χ0n) is 2.93. The average molecular weight is 409 g/mol. The normalized spacial score (nSPS) is 0. The number of rotatable bonds is 0. The molecular weight excluding hydrogens is 409 g/mol. The van der Waals surface area contributed by atoms with Gasteiger partial charge in [0.05, 0.1) is 0 Å². The third-order valence-corrected chi connectivity index (χ3v) is 0. The fraction of sp³-hybridized carbons (Fsp3) is 0. The molecule has 32 valence electrons. The molecule has 0 N–H and O–H groups in total. The van der Waals surface area contributed by atoms with Gasteiger partial charge in [-0.3, -0.25) is 0 Å². The van der Waals surface area contributed by atoms with Gasteiger partial charge in [-0.25, -0.2) is 0 Å². The summed E-state index contributed by atoms with van der Waals surface area (Å²) in [6.45, 7) is 0. The van der Waals surface area contributed by atoms with Crippen molar-refractivity contribution in [3.8, 4) is 0 Å². The summed E-state index contributed by atoms with van der Waals surface area (Å²) in [5.41, 5.74) is 0. The minimum Gasteiger partial charge on any atom is -1.00 e. The van der Waals surface area contributed by atoms with Crippen LogP contribution in [0, 0.1) is 0 Å². The second-order valence-corrected chi connectivity index (χ2v) is 0. The molecule has 0 aromatic heterocycles. The monoisotopic (exact) mass is 404 g/mol. The predicted octanol–water partition coefficient (Wildman–Crippen LogP) is -12.4. The molecule has 0 atom stereocenters. The molecule has 0 unspecified atom stereocenters. The van der Waals surface area contributed by atoms with Gasteiger partial charge in [0.25, 0.3) is 0 Å². The van der Waals surface area contributed by atoms with Crippen LogP contribution in [0.2, 0.25) is 0 Å². The van der Waals surface area contributed by atoms with E-state index in [9.17, 15) is 0 Å². The summed E-state index contributed by atoms with van der Waals surface area (Å²) in [6.07, 6.45) is 0. The first-order valence-corrected chi connectivity index (χ1v) is 0. The Labute approximate surface area is 109 Å². The van der Waals surface area contributed by atoms with E-state index >= 15 is 0 Å². The standard InChI is InChI=1S/4BrH.Mg.Zn/h4*1H;;/q;;;;2*+2/p-4. The van der Waals surface area contributed by atoms with E-state index in [2.05, 4.69) is 0 Å². The second-order valence-electron chi connectivity index (χ2n) is 0. The van der Waals surface area contributed by atoms with Crippen molar-refractivity contribution < 1.29 is 87.4 Å². The molecule has 0 fully saturated rings. The van der Waals surface area contributed by atoms with E-state index in [4.69, 9.17) is 0 Å². The van der Waals surface area contributed by atoms with Crippen LogP contribution in [-0.4, -0.2) is 23.1 Å². The molecule has 0 saturated carbocycles. The summed E-state index contributed by atoms with van der Waals surface area (Å²) in [5.74, 6) is 0. The maximum Gasteiger partial charge on any atom is 2.00 e. The van der Waals surface area contributed by atoms with Gasteiger partial charge in [0.15, 0.2) is 0 Å². The molecule has 0 radical (unpaired) electrons. The molecular formula is Br4MgZn. The fourth-order valence-electron chi connectivity index (χ4n) is 0. The van der Waals surface area contributed by atoms with Gasteiger partial charge in [-0.15, -0.1) is 0 Å². The van der Waals surface area contributed by atoms with Crippen LogP contribution in [0.3, 0.4) is 0 Å². The van der Waals surface area contributed by atoms with E-state index < -0.39 is 0 Å². The van der Waals surface area contributed by atoms with Crippen molar-refractivity contribution in [2.24, 2.45) is 0 Å². The maximum atomic E-state index is 0. The predicted molar refractivity (Wildman–Crippen MR) is 5.75 cm³/mol. The molecule has 0 aromatic carbocycles. The Morgan fingerprint density at radius 2 is 0.500 bits per heavy atom. The molecule has 0 aliphatic rings. The molecule has 0 aromatic rings. The Morgan fingerprint density at radius 3 is 0.500 bits per heavy atom. The van der Waals surface area contributed by atoms with Crippen LogP contribution in [0.25, 0.3) is 0 Å². The van der Waals surface area contributed by atoms with Crippen LogP contribution in [0.1, 0.15) is 0 Å². The molecule has 6 heavy (non-hydrogen) atoms. The van der Waals surface area contributed by atoms with Gasteiger partial charge in [0.1, 0.15) is 0 Å². The van der Waals surface area contributed by atoms with E-state index in [0.717, 1.165) is 0 Å². The van der Waals surface area contributed by atoms with Crippen molar-refractivity contribution >= 4 is 23.1 Å². The summed E-state index contributed by atoms with van der Waals surface area (Å²) in [6, 6.07) is 0. The zero-order chi connectivity index (χ0) is 0. The SMILES string of the molecule is [Br-].[Br-].[Br-].[Br-].[Mg+2].[Zn+2]. The largest absolute Gasteiger partial charge is 2.00 e. The van der Waals surface area contributed by atoms with Crippen LogP contribution in [-0.2, 0) is 19.5 Å². The molecule has 0 aliphatic carbocycles. The first-order chi connectivity index (χ1) is 0. The van der Waals surface area contributed by atoms with E-state index in [-0.39, 0.29) is 110 Å². The minimum atomic E-state index is 0. The van der Waals surface area contributed by atoms with Crippen molar-refractivity contribution in [2.75, 3.05) is 0 Å². The summed E-state index contributed by atoms with van der Waals surface area (Å²) in [4.78, 5) is 0. The van der Waals surface area contributed by atoms with Crippen molar-refractivity contribution in [3.63, 3.8) is 0 Å². The molecule has 6 heteroatoms. The van der Waals surface area contributed by atoms with Gasteiger partial charge in [-0.05, 0) is 0 Å². The van der Waals surface area contributed by atoms with Crippen molar-refractivity contribution in [1.29, 1.82) is 0 Å². The maximum absolute atomic E-state index is 0. The van der Waals surface area contributed by atoms with Crippen LogP contribution in [0.15, 0.2) is 0 Å². The Morgan fingerprint density at radius 1 is 0.500 bits per heavy atom. The third kappa shape index (κ3) is 26.6. The number of halogens is 4. The molecule has 0 rings (SSSR count). The Bertz CT molecular complexity index is 7.51. The molecule has 0 nitrogen and oxygen atoms in total. The first-order valence-electron chi connectivity index (χ1n) is 0.